The average Bonchev–Trinajstić information content (AvgIpc) is 3.03. The normalized spacial score (nSPS) is 10.9. The Morgan fingerprint density at radius 1 is 1.00 bits per heavy atom. The molecule has 2 heterocycles. The lowest BCUT2D eigenvalue weighted by Crippen LogP contribution is -2.23. The summed E-state index contributed by atoms with van der Waals surface area (Å²) in [4.78, 5) is 35.9. The molecule has 7 nitrogen and oxygen atoms in total. The number of pyridine rings is 1. The first kappa shape index (κ1) is 18.4. The van der Waals surface area contributed by atoms with Gasteiger partial charge in [0.2, 0.25) is 0 Å². The summed E-state index contributed by atoms with van der Waals surface area (Å²) in [5, 5.41) is 11.8. The number of ketones is 1. The number of carbonyl (C=O) groups is 1. The molecule has 0 unspecified atom stereocenters. The fourth-order valence-electron chi connectivity index (χ4n) is 3.59. The number of fused-ring (bicyclic) bond motifs is 1. The first-order valence-corrected chi connectivity index (χ1v) is 8.98. The minimum Gasteiger partial charge on any atom is -0.343 e. The van der Waals surface area contributed by atoms with Gasteiger partial charge >= 0.3 is 0 Å². The molecule has 0 aliphatic carbocycles. The highest BCUT2D eigenvalue weighted by atomic mass is 16.6. The Kier molecular flexibility index (Phi) is 4.56. The predicted molar refractivity (Wildman–Crippen MR) is 110 cm³/mol. The van der Waals surface area contributed by atoms with E-state index in [1.165, 1.54) is 0 Å². The van der Waals surface area contributed by atoms with E-state index in [0.29, 0.717) is 5.56 Å². The quantitative estimate of drug-likeness (QED) is 0.296. The molecule has 29 heavy (non-hydrogen) atoms. The van der Waals surface area contributed by atoms with Gasteiger partial charge in [-0.15, -0.1) is 0 Å². The Hall–Kier alpha value is -4.00. The first-order chi connectivity index (χ1) is 14.0. The highest BCUT2D eigenvalue weighted by molar-refractivity contribution is 6.13. The molecule has 0 aliphatic heterocycles. The smallest absolute Gasteiger partial charge is 0.285 e. The second kappa shape index (κ2) is 7.20. The fourth-order valence-corrected chi connectivity index (χ4v) is 3.59. The van der Waals surface area contributed by atoms with E-state index in [2.05, 4.69) is 0 Å². The molecule has 4 rings (SSSR count). The number of para-hydroxylation sites is 1. The van der Waals surface area contributed by atoms with Gasteiger partial charge in [0.05, 0.1) is 28.9 Å². The van der Waals surface area contributed by atoms with E-state index >= 15 is 0 Å². The monoisotopic (exact) mass is 387 g/mol. The van der Waals surface area contributed by atoms with E-state index < -0.39 is 10.5 Å². The largest absolute Gasteiger partial charge is 0.343 e. The molecule has 0 aliphatic rings. The van der Waals surface area contributed by atoms with E-state index in [1.54, 1.807) is 0 Å². The summed E-state index contributed by atoms with van der Waals surface area (Å²) in [5.74, 6) is -0.289. The van der Waals surface area contributed by atoms with Gasteiger partial charge in [-0.3, -0.25) is 19.7 Å². The van der Waals surface area contributed by atoms with Crippen molar-refractivity contribution in [3.05, 3.63) is 99.0 Å². The van der Waals surface area contributed by atoms with Crippen LogP contribution in [0.2, 0.25) is 0 Å². The van der Waals surface area contributed by atoms with Gasteiger partial charge in [-0.2, -0.15) is 0 Å². The number of hydrogen-bond acceptors (Lipinski definition) is 4. The van der Waals surface area contributed by atoms with Crippen LogP contribution < -0.4 is 5.56 Å². The zero-order valence-corrected chi connectivity index (χ0v) is 15.6. The topological polar surface area (TPSA) is 87.1 Å². The van der Waals surface area contributed by atoms with E-state index in [4.69, 9.17) is 0 Å². The van der Waals surface area contributed by atoms with Gasteiger partial charge in [-0.25, -0.2) is 0 Å². The Balaban J connectivity index is 1.88. The lowest BCUT2D eigenvalue weighted by atomic mass is 10.0. The average molecular weight is 387 g/mol. The van der Waals surface area contributed by atoms with Crippen LogP contribution in [0, 0.1) is 10.1 Å². The third-order valence-electron chi connectivity index (χ3n) is 4.93. The Bertz CT molecular complexity index is 1300. The van der Waals surface area contributed by atoms with Crippen LogP contribution in [-0.4, -0.2) is 19.8 Å². The van der Waals surface area contributed by atoms with Gasteiger partial charge in [0.25, 0.3) is 11.2 Å². The third kappa shape index (κ3) is 3.23. The molecule has 0 N–H and O–H groups in total. The number of nitrogens with zero attached hydrogens (tertiary/aromatic N) is 3. The number of hydrogen-bond donors (Lipinski definition) is 0. The molecule has 0 fully saturated rings. The van der Waals surface area contributed by atoms with Crippen molar-refractivity contribution >= 4 is 22.4 Å². The number of aromatic nitrogens is 2. The van der Waals surface area contributed by atoms with Gasteiger partial charge in [0, 0.05) is 30.1 Å². The molecule has 0 saturated heterocycles. The number of rotatable bonds is 5. The highest BCUT2D eigenvalue weighted by Crippen LogP contribution is 2.33. The second-order valence-electron chi connectivity index (χ2n) is 6.70. The molecule has 7 heteroatoms. The summed E-state index contributed by atoms with van der Waals surface area (Å²) < 4.78 is 3.03. The number of benzene rings is 2. The van der Waals surface area contributed by atoms with Crippen LogP contribution in [0.15, 0.2) is 77.7 Å². The molecule has 0 amide bonds. The van der Waals surface area contributed by atoms with E-state index in [1.807, 2.05) is 66.2 Å². The molecule has 0 atom stereocenters. The van der Waals surface area contributed by atoms with Crippen molar-refractivity contribution in [2.75, 3.05) is 0 Å². The molecule has 0 radical (unpaired) electrons. The van der Waals surface area contributed by atoms with Crippen molar-refractivity contribution in [3.63, 3.8) is 0 Å². The van der Waals surface area contributed by atoms with Crippen molar-refractivity contribution in [3.8, 4) is 11.3 Å². The molecule has 144 valence electrons. The van der Waals surface area contributed by atoms with Crippen LogP contribution in [0.5, 0.6) is 0 Å². The molecule has 0 bridgehead atoms. The lowest BCUT2D eigenvalue weighted by molar-refractivity contribution is -0.385. The van der Waals surface area contributed by atoms with E-state index in [0.717, 1.165) is 45.1 Å². The summed E-state index contributed by atoms with van der Waals surface area (Å²) in [6.07, 6.45) is 1.10. The minimum atomic E-state index is -0.590. The number of Topliss-reactive ketones (excluding diaryl/α,β-unsaturated/α-hetero) is 1. The molecular formula is C22H17N3O4. The van der Waals surface area contributed by atoms with Crippen LogP contribution in [-0.2, 0) is 13.6 Å². The summed E-state index contributed by atoms with van der Waals surface area (Å²) >= 11 is 0. The maximum absolute atomic E-state index is 13.3. The summed E-state index contributed by atoms with van der Waals surface area (Å²) in [6.45, 7) is -0.283. The Morgan fingerprint density at radius 2 is 1.69 bits per heavy atom. The lowest BCUT2D eigenvalue weighted by Gasteiger charge is -2.09. The first-order valence-electron chi connectivity index (χ1n) is 8.98. The van der Waals surface area contributed by atoms with Gasteiger partial charge < -0.3 is 9.13 Å². The molecule has 2 aromatic heterocycles. The minimum absolute atomic E-state index is 0.237. The van der Waals surface area contributed by atoms with Crippen LogP contribution in [0.25, 0.3) is 22.2 Å². The summed E-state index contributed by atoms with van der Waals surface area (Å²) in [7, 11) is 1.89. The standard InChI is InChI=1S/C22H17N3O4/c1-23-18-10-6-5-9-17(18)21(22(23)15-7-3-2-4-8-15)19(26)14-24-13-16(25(28)29)11-12-20(24)27/h2-13H,14H2,1H3. The summed E-state index contributed by atoms with van der Waals surface area (Å²) in [6, 6.07) is 19.3. The maximum atomic E-state index is 13.3. The number of nitro groups is 1. The van der Waals surface area contributed by atoms with Gasteiger partial charge in [0.15, 0.2) is 5.78 Å². The van der Waals surface area contributed by atoms with Gasteiger partial charge in [0.1, 0.15) is 0 Å². The fraction of sp³-hybridized carbons (Fsp3) is 0.0909. The van der Waals surface area contributed by atoms with Gasteiger partial charge in [-0.1, -0.05) is 48.5 Å². The predicted octanol–water partition coefficient (Wildman–Crippen LogP) is 3.80. The third-order valence-corrected chi connectivity index (χ3v) is 4.93. The molecule has 0 saturated carbocycles. The maximum Gasteiger partial charge on any atom is 0.285 e. The van der Waals surface area contributed by atoms with Gasteiger partial charge in [-0.05, 0) is 11.6 Å². The van der Waals surface area contributed by atoms with Crippen LogP contribution >= 0.6 is 0 Å². The Labute approximate surface area is 165 Å². The van der Waals surface area contributed by atoms with Crippen molar-refractivity contribution in [2.24, 2.45) is 7.05 Å². The molecule has 4 aromatic rings. The zero-order valence-electron chi connectivity index (χ0n) is 15.6. The zero-order chi connectivity index (χ0) is 20.5. The molecular weight excluding hydrogens is 370 g/mol. The SMILES string of the molecule is Cn1c(-c2ccccc2)c(C(=O)Cn2cc([N+](=O)[O-])ccc2=O)c2ccccc21. The second-order valence-corrected chi connectivity index (χ2v) is 6.70. The molecule has 0 spiro atoms. The van der Waals surface area contributed by atoms with Crippen molar-refractivity contribution in [2.45, 2.75) is 6.54 Å². The number of carbonyl (C=O) groups excluding carboxylic acids is 1. The van der Waals surface area contributed by atoms with E-state index in [-0.39, 0.29) is 18.0 Å². The highest BCUT2D eigenvalue weighted by Gasteiger charge is 2.23. The number of aryl methyl sites for hydroxylation is 1. The van der Waals surface area contributed by atoms with Crippen molar-refractivity contribution < 1.29 is 9.72 Å². The van der Waals surface area contributed by atoms with Crippen molar-refractivity contribution in [1.82, 2.24) is 9.13 Å². The van der Waals surface area contributed by atoms with Crippen molar-refractivity contribution in [1.29, 1.82) is 0 Å². The van der Waals surface area contributed by atoms with Crippen LogP contribution in [0.1, 0.15) is 10.4 Å². The van der Waals surface area contributed by atoms with E-state index in [9.17, 15) is 19.7 Å². The van der Waals surface area contributed by atoms with Crippen LogP contribution in [0.4, 0.5) is 5.69 Å². The summed E-state index contributed by atoms with van der Waals surface area (Å²) in [5.41, 5.74) is 2.30. The van der Waals surface area contributed by atoms with Crippen LogP contribution in [0.3, 0.4) is 0 Å². The molecule has 2 aromatic carbocycles. The Morgan fingerprint density at radius 3 is 2.41 bits per heavy atom.